The fraction of sp³-hybridized carbons (Fsp3) is 0.0625. The molecule has 24 heavy (non-hydrogen) atoms. The summed E-state index contributed by atoms with van der Waals surface area (Å²) < 4.78 is 1.05. The largest absolute Gasteiger partial charge is 0.374 e. The number of carbonyl (C=O) groups is 1. The van der Waals surface area contributed by atoms with Gasteiger partial charge < -0.3 is 16.0 Å². The van der Waals surface area contributed by atoms with Crippen molar-refractivity contribution in [2.24, 2.45) is 0 Å². The summed E-state index contributed by atoms with van der Waals surface area (Å²) in [5, 5.41) is 14.0. The molecule has 4 aromatic rings. The number of nitrogens with one attached hydrogen (secondary N) is 2. The van der Waals surface area contributed by atoms with Gasteiger partial charge in [-0.15, -0.1) is 21.5 Å². The van der Waals surface area contributed by atoms with Crippen molar-refractivity contribution in [1.82, 2.24) is 20.5 Å². The van der Waals surface area contributed by atoms with E-state index in [4.69, 9.17) is 5.73 Å². The van der Waals surface area contributed by atoms with E-state index in [1.807, 2.05) is 47.8 Å². The number of amides is 1. The van der Waals surface area contributed by atoms with Gasteiger partial charge in [0.2, 0.25) is 5.13 Å². The second-order valence-corrected chi connectivity index (χ2v) is 7.17. The smallest absolute Gasteiger partial charge is 0.268 e. The Morgan fingerprint density at radius 1 is 1.21 bits per heavy atom. The van der Waals surface area contributed by atoms with Crippen molar-refractivity contribution in [2.75, 3.05) is 5.73 Å². The molecule has 0 unspecified atom stereocenters. The zero-order valence-electron chi connectivity index (χ0n) is 12.4. The molecule has 4 N–H and O–H groups in total. The van der Waals surface area contributed by atoms with Gasteiger partial charge in [-0.2, -0.15) is 0 Å². The number of aromatic nitrogens is 3. The molecule has 8 heteroatoms. The molecule has 1 aromatic carbocycles. The third-order valence-electron chi connectivity index (χ3n) is 3.60. The van der Waals surface area contributed by atoms with Gasteiger partial charge in [-0.05, 0) is 23.1 Å². The number of H-pyrrole nitrogens is 1. The molecule has 0 radical (unpaired) electrons. The summed E-state index contributed by atoms with van der Waals surface area (Å²) in [5.41, 5.74) is 8.11. The number of nitrogens with two attached hydrogens (primary N) is 1. The number of nitrogens with zero attached hydrogens (tertiary/aromatic N) is 2. The maximum absolute atomic E-state index is 12.7. The lowest BCUT2D eigenvalue weighted by Gasteiger charge is -2.16. The van der Waals surface area contributed by atoms with E-state index in [0.29, 0.717) is 15.8 Å². The molecule has 0 saturated heterocycles. The summed E-state index contributed by atoms with van der Waals surface area (Å²) in [6, 6.07) is 13.1. The monoisotopic (exact) mass is 355 g/mol. The van der Waals surface area contributed by atoms with Crippen molar-refractivity contribution in [3.63, 3.8) is 0 Å². The highest BCUT2D eigenvalue weighted by Gasteiger charge is 2.22. The number of thiophene rings is 1. The number of rotatable bonds is 4. The average Bonchev–Trinajstić information content (AvgIpc) is 3.29. The SMILES string of the molecule is Nc1nnc([C@@H](NC(=O)c2cc3sccc3[nH]2)c2ccccc2)s1. The predicted molar refractivity (Wildman–Crippen MR) is 96.2 cm³/mol. The van der Waals surface area contributed by atoms with Gasteiger partial charge in [-0.3, -0.25) is 4.79 Å². The number of aromatic amines is 1. The Labute approximate surface area is 145 Å². The second kappa shape index (κ2) is 6.06. The molecule has 0 bridgehead atoms. The van der Waals surface area contributed by atoms with Crippen LogP contribution >= 0.6 is 22.7 Å². The molecule has 1 amide bonds. The van der Waals surface area contributed by atoms with Crippen molar-refractivity contribution < 1.29 is 4.79 Å². The average molecular weight is 355 g/mol. The molecule has 3 heterocycles. The first-order valence-electron chi connectivity index (χ1n) is 7.21. The van der Waals surface area contributed by atoms with Crippen LogP contribution in [0.1, 0.15) is 27.1 Å². The molecule has 1 atom stereocenters. The third kappa shape index (κ3) is 2.77. The molecular weight excluding hydrogens is 342 g/mol. The van der Waals surface area contributed by atoms with E-state index in [2.05, 4.69) is 20.5 Å². The summed E-state index contributed by atoms with van der Waals surface area (Å²) in [7, 11) is 0. The molecule has 120 valence electrons. The second-order valence-electron chi connectivity index (χ2n) is 5.18. The summed E-state index contributed by atoms with van der Waals surface area (Å²) in [4.78, 5) is 15.8. The lowest BCUT2D eigenvalue weighted by Crippen LogP contribution is -2.29. The molecule has 0 aliphatic heterocycles. The molecule has 0 aliphatic carbocycles. The van der Waals surface area contributed by atoms with Crippen LogP contribution in [0.15, 0.2) is 47.8 Å². The quantitative estimate of drug-likeness (QED) is 0.524. The van der Waals surface area contributed by atoms with Crippen LogP contribution < -0.4 is 11.1 Å². The first-order chi connectivity index (χ1) is 11.7. The number of hydrogen-bond donors (Lipinski definition) is 3. The van der Waals surface area contributed by atoms with Crippen LogP contribution in [-0.2, 0) is 0 Å². The predicted octanol–water partition coefficient (Wildman–Crippen LogP) is 3.18. The number of carbonyl (C=O) groups excluding carboxylic acids is 1. The first kappa shape index (κ1) is 14.9. The van der Waals surface area contributed by atoms with E-state index in [1.165, 1.54) is 11.3 Å². The standard InChI is InChI=1S/C16H13N5OS2/c17-16-21-20-15(24-16)13(9-4-2-1-3-5-9)19-14(22)11-8-12-10(18-11)6-7-23-12/h1-8,13,18H,(H2,17,21)(H,19,22)/t13-/m0/s1. The van der Waals surface area contributed by atoms with Gasteiger partial charge in [-0.25, -0.2) is 0 Å². The molecule has 4 rings (SSSR count). The van der Waals surface area contributed by atoms with E-state index < -0.39 is 6.04 Å². The molecule has 0 saturated carbocycles. The fourth-order valence-corrected chi connectivity index (χ4v) is 3.95. The van der Waals surface area contributed by atoms with Crippen molar-refractivity contribution in [3.05, 3.63) is 64.1 Å². The van der Waals surface area contributed by atoms with E-state index in [1.54, 1.807) is 11.3 Å². The lowest BCUT2D eigenvalue weighted by molar-refractivity contribution is 0.0938. The maximum atomic E-state index is 12.7. The lowest BCUT2D eigenvalue weighted by atomic mass is 10.1. The maximum Gasteiger partial charge on any atom is 0.268 e. The third-order valence-corrected chi connectivity index (χ3v) is 5.28. The van der Waals surface area contributed by atoms with Gasteiger partial charge >= 0.3 is 0 Å². The summed E-state index contributed by atoms with van der Waals surface area (Å²) in [6.45, 7) is 0. The highest BCUT2D eigenvalue weighted by atomic mass is 32.1. The Morgan fingerprint density at radius 2 is 2.04 bits per heavy atom. The van der Waals surface area contributed by atoms with Crippen LogP contribution in [0, 0.1) is 0 Å². The van der Waals surface area contributed by atoms with Crippen LogP contribution in [-0.4, -0.2) is 21.1 Å². The molecule has 3 aromatic heterocycles. The van der Waals surface area contributed by atoms with Gasteiger partial charge in [0.15, 0.2) is 0 Å². The molecule has 0 spiro atoms. The number of nitrogen functional groups attached to an aromatic ring is 1. The Morgan fingerprint density at radius 3 is 2.75 bits per heavy atom. The topological polar surface area (TPSA) is 96.7 Å². The Hall–Kier alpha value is -2.71. The number of fused-ring (bicyclic) bond motifs is 1. The minimum absolute atomic E-state index is 0.193. The number of benzene rings is 1. The van der Waals surface area contributed by atoms with E-state index in [-0.39, 0.29) is 5.91 Å². The molecule has 0 fully saturated rings. The summed E-state index contributed by atoms with van der Waals surface area (Å²) >= 11 is 2.86. The minimum atomic E-state index is -0.394. The fourth-order valence-electron chi connectivity index (χ4n) is 2.48. The highest BCUT2D eigenvalue weighted by molar-refractivity contribution is 7.17. The molecule has 6 nitrogen and oxygen atoms in total. The highest BCUT2D eigenvalue weighted by Crippen LogP contribution is 2.27. The summed E-state index contributed by atoms with van der Waals surface area (Å²) in [5.74, 6) is -0.193. The van der Waals surface area contributed by atoms with Gasteiger partial charge in [0, 0.05) is 0 Å². The molecular formula is C16H13N5OS2. The minimum Gasteiger partial charge on any atom is -0.374 e. The molecule has 0 aliphatic rings. The van der Waals surface area contributed by atoms with Crippen LogP contribution in [0.4, 0.5) is 5.13 Å². The Balaban J connectivity index is 1.66. The van der Waals surface area contributed by atoms with Crippen LogP contribution in [0.2, 0.25) is 0 Å². The Bertz CT molecular complexity index is 960. The van der Waals surface area contributed by atoms with E-state index in [9.17, 15) is 4.79 Å². The normalized spacial score (nSPS) is 12.3. The van der Waals surface area contributed by atoms with Crippen LogP contribution in [0.5, 0.6) is 0 Å². The number of hydrogen-bond acceptors (Lipinski definition) is 6. The van der Waals surface area contributed by atoms with Crippen molar-refractivity contribution in [2.45, 2.75) is 6.04 Å². The van der Waals surface area contributed by atoms with Crippen molar-refractivity contribution >= 4 is 43.9 Å². The van der Waals surface area contributed by atoms with Crippen molar-refractivity contribution in [1.29, 1.82) is 0 Å². The first-order valence-corrected chi connectivity index (χ1v) is 8.91. The van der Waals surface area contributed by atoms with Gasteiger partial charge in [0.05, 0.1) is 10.2 Å². The Kier molecular flexibility index (Phi) is 3.75. The van der Waals surface area contributed by atoms with Crippen LogP contribution in [0.3, 0.4) is 0 Å². The van der Waals surface area contributed by atoms with Gasteiger partial charge in [0.25, 0.3) is 5.91 Å². The van der Waals surface area contributed by atoms with Crippen LogP contribution in [0.25, 0.3) is 10.2 Å². The zero-order chi connectivity index (χ0) is 16.5. The van der Waals surface area contributed by atoms with Gasteiger partial charge in [0.1, 0.15) is 16.7 Å². The van der Waals surface area contributed by atoms with Gasteiger partial charge in [-0.1, -0.05) is 41.7 Å². The summed E-state index contributed by atoms with van der Waals surface area (Å²) in [6.07, 6.45) is 0. The number of anilines is 1. The van der Waals surface area contributed by atoms with E-state index in [0.717, 1.165) is 15.8 Å². The van der Waals surface area contributed by atoms with Crippen molar-refractivity contribution in [3.8, 4) is 0 Å². The van der Waals surface area contributed by atoms with E-state index >= 15 is 0 Å². The zero-order valence-corrected chi connectivity index (χ0v) is 14.0.